The first-order chi connectivity index (χ1) is 13.4. The van der Waals surface area contributed by atoms with Crippen LogP contribution in [0, 0.1) is 5.82 Å². The number of hydrogen-bond donors (Lipinski definition) is 0. The van der Waals surface area contributed by atoms with Crippen LogP contribution in [0.25, 0.3) is 11.0 Å². The summed E-state index contributed by atoms with van der Waals surface area (Å²) in [5.41, 5.74) is 0.503. The first-order valence-corrected chi connectivity index (χ1v) is 8.57. The van der Waals surface area contributed by atoms with Crippen LogP contribution < -0.4 is 4.90 Å². The Morgan fingerprint density at radius 3 is 2.50 bits per heavy atom. The highest BCUT2D eigenvalue weighted by atomic mass is 19.4. The lowest BCUT2D eigenvalue weighted by Gasteiger charge is -2.27. The van der Waals surface area contributed by atoms with Crippen LogP contribution in [-0.4, -0.2) is 28.5 Å². The van der Waals surface area contributed by atoms with Gasteiger partial charge in [-0.25, -0.2) is 14.4 Å². The predicted octanol–water partition coefficient (Wildman–Crippen LogP) is 4.47. The maximum absolute atomic E-state index is 14.2. The van der Waals surface area contributed by atoms with Crippen LogP contribution in [0.2, 0.25) is 0 Å². The molecule has 1 aromatic heterocycles. The zero-order valence-electron chi connectivity index (χ0n) is 14.8. The van der Waals surface area contributed by atoms with Gasteiger partial charge in [0.1, 0.15) is 24.3 Å². The number of para-hydroxylation sites is 1. The lowest BCUT2D eigenvalue weighted by molar-refractivity contribution is -0.137. The van der Waals surface area contributed by atoms with Crippen molar-refractivity contribution in [3.05, 3.63) is 59.7 Å². The van der Waals surface area contributed by atoms with Crippen molar-refractivity contribution in [3.8, 4) is 0 Å². The van der Waals surface area contributed by atoms with Crippen LogP contribution in [0.4, 0.5) is 23.2 Å². The summed E-state index contributed by atoms with van der Waals surface area (Å²) >= 11 is 0. The fourth-order valence-electron chi connectivity index (χ4n) is 3.12. The summed E-state index contributed by atoms with van der Waals surface area (Å²) < 4.78 is 54.5. The summed E-state index contributed by atoms with van der Waals surface area (Å²) in [4.78, 5) is 14.4. The highest BCUT2D eigenvalue weighted by Gasteiger charge is 2.31. The molecule has 0 atom stereocenters. The van der Waals surface area contributed by atoms with Crippen LogP contribution in [-0.2, 0) is 12.6 Å². The Hall–Kier alpha value is -3.23. The molecule has 1 aliphatic rings. The van der Waals surface area contributed by atoms with Gasteiger partial charge >= 0.3 is 6.18 Å². The van der Waals surface area contributed by atoms with E-state index in [1.165, 1.54) is 24.5 Å². The van der Waals surface area contributed by atoms with Crippen molar-refractivity contribution in [2.75, 3.05) is 11.6 Å². The average Bonchev–Trinajstić information content (AvgIpc) is 3.07. The topological polar surface area (TPSA) is 45.8 Å². The number of rotatable bonds is 2. The molecule has 0 saturated carbocycles. The number of benzene rings is 2. The molecule has 1 aliphatic heterocycles. The molecule has 4 rings (SSSR count). The minimum atomic E-state index is -4.41. The molecule has 5 nitrogen and oxygen atoms in total. The van der Waals surface area contributed by atoms with Crippen LogP contribution in [0.15, 0.2) is 52.4 Å². The number of nitrogens with zero attached hydrogens (tertiary/aromatic N) is 5. The number of aryl methyl sites for hydroxylation is 1. The first kappa shape index (κ1) is 18.1. The summed E-state index contributed by atoms with van der Waals surface area (Å²) in [5, 5.41) is 0. The number of fused-ring (bicyclic) bond motifs is 1. The Labute approximate surface area is 157 Å². The van der Waals surface area contributed by atoms with Gasteiger partial charge in [0.2, 0.25) is 5.96 Å². The molecule has 3 aromatic rings. The molecular formula is C19H15F4N5. The third-order valence-electron chi connectivity index (χ3n) is 4.45. The molecule has 0 saturated heterocycles. The van der Waals surface area contributed by atoms with Gasteiger partial charge in [-0.05, 0) is 36.4 Å². The van der Waals surface area contributed by atoms with Gasteiger partial charge < -0.3 is 0 Å². The van der Waals surface area contributed by atoms with Crippen molar-refractivity contribution in [2.45, 2.75) is 19.5 Å². The number of anilines is 1. The normalized spacial score (nSPS) is 14.6. The second-order valence-electron chi connectivity index (χ2n) is 6.17. The van der Waals surface area contributed by atoms with Crippen molar-refractivity contribution in [3.63, 3.8) is 0 Å². The molecule has 28 heavy (non-hydrogen) atoms. The Kier molecular flexibility index (Phi) is 4.37. The SMILES string of the molecule is CCc1nc2c(F)cccc2n1C1=NC=NCN1c1ccc(C(F)(F)F)cc1. The third kappa shape index (κ3) is 3.02. The molecule has 9 heteroatoms. The average molecular weight is 389 g/mol. The molecule has 0 bridgehead atoms. The van der Waals surface area contributed by atoms with Gasteiger partial charge in [-0.2, -0.15) is 13.2 Å². The molecule has 0 radical (unpaired) electrons. The van der Waals surface area contributed by atoms with Gasteiger partial charge in [0, 0.05) is 12.1 Å². The van der Waals surface area contributed by atoms with Crippen molar-refractivity contribution < 1.29 is 17.6 Å². The summed E-state index contributed by atoms with van der Waals surface area (Å²) in [6.07, 6.45) is -2.52. The van der Waals surface area contributed by atoms with Crippen molar-refractivity contribution in [1.82, 2.24) is 9.55 Å². The summed E-state index contributed by atoms with van der Waals surface area (Å²) in [6, 6.07) is 9.39. The predicted molar refractivity (Wildman–Crippen MR) is 99.2 cm³/mol. The van der Waals surface area contributed by atoms with Crippen molar-refractivity contribution in [1.29, 1.82) is 0 Å². The summed E-state index contributed by atoms with van der Waals surface area (Å²) in [5.74, 6) is 0.544. The number of halogens is 4. The monoisotopic (exact) mass is 389 g/mol. The fourth-order valence-corrected chi connectivity index (χ4v) is 3.12. The fraction of sp³-hybridized carbons (Fsp3) is 0.211. The number of aliphatic imine (C=N–C) groups is 2. The maximum Gasteiger partial charge on any atom is 0.416 e. The quantitative estimate of drug-likeness (QED) is 0.608. The lowest BCUT2D eigenvalue weighted by atomic mass is 10.2. The van der Waals surface area contributed by atoms with E-state index < -0.39 is 17.6 Å². The second-order valence-corrected chi connectivity index (χ2v) is 6.17. The highest BCUT2D eigenvalue weighted by Crippen LogP contribution is 2.31. The van der Waals surface area contributed by atoms with Crippen LogP contribution in [0.3, 0.4) is 0 Å². The second kappa shape index (κ2) is 6.74. The van der Waals surface area contributed by atoms with Gasteiger partial charge in [0.25, 0.3) is 0 Å². The number of alkyl halides is 3. The molecular weight excluding hydrogens is 374 g/mol. The summed E-state index contributed by atoms with van der Waals surface area (Å²) in [7, 11) is 0. The van der Waals surface area contributed by atoms with E-state index in [9.17, 15) is 17.6 Å². The van der Waals surface area contributed by atoms with Crippen LogP contribution >= 0.6 is 0 Å². The molecule has 0 fully saturated rings. The van der Waals surface area contributed by atoms with E-state index in [0.29, 0.717) is 29.4 Å². The lowest BCUT2D eigenvalue weighted by Crippen LogP contribution is -2.39. The molecule has 0 amide bonds. The third-order valence-corrected chi connectivity index (χ3v) is 4.45. The molecule has 144 valence electrons. The maximum atomic E-state index is 14.2. The Bertz CT molecular complexity index is 1080. The zero-order valence-corrected chi connectivity index (χ0v) is 14.8. The molecule has 0 unspecified atom stereocenters. The van der Waals surface area contributed by atoms with E-state index in [2.05, 4.69) is 15.0 Å². The van der Waals surface area contributed by atoms with E-state index in [1.807, 2.05) is 6.92 Å². The number of imidazole rings is 1. The van der Waals surface area contributed by atoms with Gasteiger partial charge in [0.05, 0.1) is 11.1 Å². The summed E-state index contributed by atoms with van der Waals surface area (Å²) in [6.45, 7) is 2.05. The van der Waals surface area contributed by atoms with E-state index in [-0.39, 0.29) is 12.2 Å². The Balaban J connectivity index is 1.83. The van der Waals surface area contributed by atoms with Crippen LogP contribution in [0.5, 0.6) is 0 Å². The zero-order chi connectivity index (χ0) is 19.9. The molecule has 0 spiro atoms. The molecule has 0 N–H and O–H groups in total. The van der Waals surface area contributed by atoms with Crippen molar-refractivity contribution >= 4 is 29.0 Å². The van der Waals surface area contributed by atoms with Gasteiger partial charge in [-0.1, -0.05) is 13.0 Å². The first-order valence-electron chi connectivity index (χ1n) is 8.57. The highest BCUT2D eigenvalue weighted by molar-refractivity contribution is 6.06. The Morgan fingerprint density at radius 1 is 1.07 bits per heavy atom. The van der Waals surface area contributed by atoms with E-state index >= 15 is 0 Å². The minimum Gasteiger partial charge on any atom is -0.291 e. The van der Waals surface area contributed by atoms with Crippen molar-refractivity contribution in [2.24, 2.45) is 9.98 Å². The minimum absolute atomic E-state index is 0.169. The van der Waals surface area contributed by atoms with E-state index in [1.54, 1.807) is 21.6 Å². The molecule has 0 aliphatic carbocycles. The molecule has 2 heterocycles. The smallest absolute Gasteiger partial charge is 0.291 e. The van der Waals surface area contributed by atoms with E-state index in [0.717, 1.165) is 12.1 Å². The Morgan fingerprint density at radius 2 is 1.82 bits per heavy atom. The molecule has 2 aromatic carbocycles. The van der Waals surface area contributed by atoms with Gasteiger partial charge in [0.15, 0.2) is 5.82 Å². The van der Waals surface area contributed by atoms with E-state index in [4.69, 9.17) is 0 Å². The standard InChI is InChI=1S/C19H15F4N5/c1-2-16-26-17-14(20)4-3-5-15(17)28(16)18-25-10-24-11-27(18)13-8-6-12(7-9-13)19(21,22)23/h3-10H,2,11H2,1H3. The van der Waals surface area contributed by atoms with Crippen LogP contribution in [0.1, 0.15) is 18.3 Å². The van der Waals surface area contributed by atoms with Gasteiger partial charge in [-0.15, -0.1) is 0 Å². The largest absolute Gasteiger partial charge is 0.416 e. The number of aromatic nitrogens is 2. The van der Waals surface area contributed by atoms with Gasteiger partial charge in [-0.3, -0.25) is 14.5 Å². The number of hydrogen-bond acceptors (Lipinski definition) is 4.